The lowest BCUT2D eigenvalue weighted by Gasteiger charge is -2.15. The molecular formula is C12H12N6O2. The summed E-state index contributed by atoms with van der Waals surface area (Å²) < 4.78 is 5.02. The van der Waals surface area contributed by atoms with Crippen LogP contribution in [0, 0.1) is 6.92 Å². The zero-order chi connectivity index (χ0) is 14.1. The van der Waals surface area contributed by atoms with E-state index in [1.165, 1.54) is 17.4 Å². The molecule has 0 saturated carbocycles. The number of aryl methyl sites for hydroxylation is 1. The Morgan fingerprint density at radius 3 is 3.05 bits per heavy atom. The highest BCUT2D eigenvalue weighted by molar-refractivity contribution is 5.96. The topological polar surface area (TPSA) is 101 Å². The second-order valence-corrected chi connectivity index (χ2v) is 4.44. The van der Waals surface area contributed by atoms with Gasteiger partial charge in [-0.3, -0.25) is 9.89 Å². The van der Waals surface area contributed by atoms with Gasteiger partial charge in [0.1, 0.15) is 12.2 Å². The number of rotatable bonds is 3. The molecule has 3 heterocycles. The Hall–Kier alpha value is -2.77. The smallest absolute Gasteiger partial charge is 0.257 e. The van der Waals surface area contributed by atoms with Crippen LogP contribution >= 0.6 is 0 Å². The fraction of sp³-hybridized carbons (Fsp3) is 0.250. The van der Waals surface area contributed by atoms with Crippen molar-refractivity contribution < 1.29 is 9.32 Å². The number of nitrogens with zero attached hydrogens (tertiary/aromatic N) is 5. The van der Waals surface area contributed by atoms with Crippen LogP contribution < -0.4 is 0 Å². The van der Waals surface area contributed by atoms with Crippen LogP contribution in [0.25, 0.3) is 11.1 Å². The number of nitrogens with one attached hydrogen (secondary N) is 1. The zero-order valence-electron chi connectivity index (χ0n) is 11.0. The summed E-state index contributed by atoms with van der Waals surface area (Å²) in [6.45, 7) is 2.15. The van der Waals surface area contributed by atoms with E-state index < -0.39 is 0 Å². The van der Waals surface area contributed by atoms with Gasteiger partial charge in [-0.05, 0) is 13.0 Å². The number of carbonyl (C=O) groups is 1. The molecule has 0 aliphatic carbocycles. The number of carbonyl (C=O) groups excluding carboxylic acids is 1. The number of pyridine rings is 1. The minimum Gasteiger partial charge on any atom is -0.336 e. The molecule has 20 heavy (non-hydrogen) atoms. The molecule has 0 bridgehead atoms. The summed E-state index contributed by atoms with van der Waals surface area (Å²) in [7, 11) is 1.69. The molecule has 0 spiro atoms. The van der Waals surface area contributed by atoms with E-state index in [-0.39, 0.29) is 5.91 Å². The van der Waals surface area contributed by atoms with Crippen molar-refractivity contribution >= 4 is 17.0 Å². The molecule has 0 aliphatic heterocycles. The average Bonchev–Trinajstić information content (AvgIpc) is 3.08. The summed E-state index contributed by atoms with van der Waals surface area (Å²) in [6.07, 6.45) is 2.88. The van der Waals surface area contributed by atoms with E-state index in [4.69, 9.17) is 4.52 Å². The number of amides is 1. The van der Waals surface area contributed by atoms with Gasteiger partial charge in [-0.1, -0.05) is 5.16 Å². The first kappa shape index (κ1) is 12.3. The van der Waals surface area contributed by atoms with Crippen LogP contribution in [0.2, 0.25) is 0 Å². The molecule has 1 amide bonds. The van der Waals surface area contributed by atoms with Crippen LogP contribution in [0.1, 0.15) is 21.9 Å². The highest BCUT2D eigenvalue weighted by Crippen LogP contribution is 2.17. The second kappa shape index (κ2) is 4.72. The molecule has 8 nitrogen and oxygen atoms in total. The molecule has 0 radical (unpaired) electrons. The summed E-state index contributed by atoms with van der Waals surface area (Å²) in [5.41, 5.74) is 1.61. The maximum absolute atomic E-state index is 12.3. The van der Waals surface area contributed by atoms with Crippen molar-refractivity contribution in [1.29, 1.82) is 0 Å². The minimum absolute atomic E-state index is 0.156. The van der Waals surface area contributed by atoms with Gasteiger partial charge >= 0.3 is 0 Å². The third-order valence-corrected chi connectivity index (χ3v) is 2.96. The third kappa shape index (κ3) is 2.11. The Bertz CT molecular complexity index is 748. The van der Waals surface area contributed by atoms with Gasteiger partial charge in [-0.25, -0.2) is 9.97 Å². The van der Waals surface area contributed by atoms with E-state index in [2.05, 4.69) is 25.3 Å². The molecule has 3 rings (SSSR count). The summed E-state index contributed by atoms with van der Waals surface area (Å²) >= 11 is 0. The van der Waals surface area contributed by atoms with Gasteiger partial charge in [-0.15, -0.1) is 0 Å². The van der Waals surface area contributed by atoms with Gasteiger partial charge in [0.2, 0.25) is 0 Å². The summed E-state index contributed by atoms with van der Waals surface area (Å²) in [6, 6.07) is 1.73. The van der Waals surface area contributed by atoms with E-state index >= 15 is 0 Å². The van der Waals surface area contributed by atoms with Crippen molar-refractivity contribution in [3.05, 3.63) is 35.7 Å². The number of fused-ring (bicyclic) bond motifs is 1. The van der Waals surface area contributed by atoms with Gasteiger partial charge < -0.3 is 9.42 Å². The Balaban J connectivity index is 1.85. The van der Waals surface area contributed by atoms with E-state index in [1.54, 1.807) is 20.0 Å². The Labute approximate surface area is 113 Å². The first-order valence-corrected chi connectivity index (χ1v) is 5.97. The zero-order valence-corrected chi connectivity index (χ0v) is 11.0. The van der Waals surface area contributed by atoms with Gasteiger partial charge in [-0.2, -0.15) is 5.10 Å². The van der Waals surface area contributed by atoms with E-state index in [9.17, 15) is 4.79 Å². The molecule has 0 atom stereocenters. The molecule has 102 valence electrons. The van der Waals surface area contributed by atoms with Gasteiger partial charge in [0.15, 0.2) is 0 Å². The molecule has 3 aromatic heterocycles. The lowest BCUT2D eigenvalue weighted by Crippen LogP contribution is -2.26. The number of aromatic amines is 1. The minimum atomic E-state index is -0.156. The van der Waals surface area contributed by atoms with Crippen LogP contribution in [0.5, 0.6) is 0 Å². The number of H-pyrrole nitrogens is 1. The van der Waals surface area contributed by atoms with Crippen molar-refractivity contribution in [2.45, 2.75) is 13.5 Å². The highest BCUT2D eigenvalue weighted by Gasteiger charge is 2.16. The first-order chi connectivity index (χ1) is 9.65. The molecule has 0 fully saturated rings. The van der Waals surface area contributed by atoms with Gasteiger partial charge in [0.25, 0.3) is 11.6 Å². The van der Waals surface area contributed by atoms with Gasteiger partial charge in [0, 0.05) is 13.2 Å². The monoisotopic (exact) mass is 272 g/mol. The second-order valence-electron chi connectivity index (χ2n) is 4.44. The lowest BCUT2D eigenvalue weighted by atomic mass is 10.2. The molecule has 0 aromatic carbocycles. The Morgan fingerprint density at radius 2 is 2.30 bits per heavy atom. The highest BCUT2D eigenvalue weighted by atomic mass is 16.5. The lowest BCUT2D eigenvalue weighted by molar-refractivity contribution is 0.0781. The predicted molar refractivity (Wildman–Crippen MR) is 68.7 cm³/mol. The number of aromatic nitrogens is 5. The molecule has 1 N–H and O–H groups in total. The summed E-state index contributed by atoms with van der Waals surface area (Å²) in [5.74, 6) is 0.465. The largest absolute Gasteiger partial charge is 0.336 e. The Morgan fingerprint density at radius 1 is 1.45 bits per heavy atom. The molecule has 0 saturated heterocycles. The van der Waals surface area contributed by atoms with Crippen molar-refractivity contribution in [2.75, 3.05) is 7.05 Å². The molecule has 0 aliphatic rings. The van der Waals surface area contributed by atoms with Gasteiger partial charge in [0.05, 0.1) is 23.2 Å². The van der Waals surface area contributed by atoms with Crippen molar-refractivity contribution in [3.8, 4) is 0 Å². The van der Waals surface area contributed by atoms with Crippen LogP contribution in [0.15, 0.2) is 23.1 Å². The van der Waals surface area contributed by atoms with Crippen molar-refractivity contribution in [2.24, 2.45) is 0 Å². The quantitative estimate of drug-likeness (QED) is 0.760. The van der Waals surface area contributed by atoms with Crippen LogP contribution in [0.4, 0.5) is 0 Å². The summed E-state index contributed by atoms with van der Waals surface area (Å²) in [5, 5.41) is 11.0. The van der Waals surface area contributed by atoms with Crippen LogP contribution in [-0.2, 0) is 6.54 Å². The molecular weight excluding hydrogens is 260 g/mol. The fourth-order valence-corrected chi connectivity index (χ4v) is 1.89. The standard InChI is InChI=1S/C12H12N6O2/c1-7-9-3-8(4-13-11(9)20-17-7)12(19)18(2)5-10-14-6-15-16-10/h3-4,6H,5H2,1-2H3,(H,14,15,16). The van der Waals surface area contributed by atoms with E-state index in [1.807, 2.05) is 0 Å². The maximum Gasteiger partial charge on any atom is 0.257 e. The molecule has 8 heteroatoms. The average molecular weight is 272 g/mol. The fourth-order valence-electron chi connectivity index (χ4n) is 1.89. The number of hydrogen-bond donors (Lipinski definition) is 1. The first-order valence-electron chi connectivity index (χ1n) is 5.97. The predicted octanol–water partition coefficient (Wildman–Crippen LogP) is 0.922. The number of hydrogen-bond acceptors (Lipinski definition) is 6. The van der Waals surface area contributed by atoms with E-state index in [0.717, 1.165) is 5.39 Å². The maximum atomic E-state index is 12.3. The third-order valence-electron chi connectivity index (χ3n) is 2.96. The van der Waals surface area contributed by atoms with E-state index in [0.29, 0.717) is 29.3 Å². The normalized spacial score (nSPS) is 10.9. The Kier molecular flexibility index (Phi) is 2.90. The summed E-state index contributed by atoms with van der Waals surface area (Å²) in [4.78, 5) is 21.9. The molecule has 3 aromatic rings. The SMILES string of the molecule is Cc1noc2ncc(C(=O)N(C)Cc3ncn[nH]3)cc12. The molecule has 0 unspecified atom stereocenters. The van der Waals surface area contributed by atoms with Crippen molar-refractivity contribution in [1.82, 2.24) is 30.2 Å². The van der Waals surface area contributed by atoms with Crippen LogP contribution in [-0.4, -0.2) is 43.2 Å². The van der Waals surface area contributed by atoms with Crippen LogP contribution in [0.3, 0.4) is 0 Å². The van der Waals surface area contributed by atoms with Crippen molar-refractivity contribution in [3.63, 3.8) is 0 Å².